The fourth-order valence-corrected chi connectivity index (χ4v) is 2.68. The number of guanidine groups is 1. The fourth-order valence-electron chi connectivity index (χ4n) is 2.68. The normalized spacial score (nSPS) is 11.4. The van der Waals surface area contributed by atoms with E-state index in [1.165, 1.54) is 44.9 Å². The van der Waals surface area contributed by atoms with Crippen LogP contribution in [0.2, 0.25) is 0 Å². The second-order valence-corrected chi connectivity index (χ2v) is 6.02. The summed E-state index contributed by atoms with van der Waals surface area (Å²) >= 11 is 0. The highest BCUT2D eigenvalue weighted by Gasteiger charge is 2.05. The van der Waals surface area contributed by atoms with Gasteiger partial charge < -0.3 is 10.6 Å². The number of rotatable bonds is 10. The van der Waals surface area contributed by atoms with Crippen LogP contribution in [-0.2, 0) is 6.54 Å². The van der Waals surface area contributed by atoms with E-state index >= 15 is 0 Å². The van der Waals surface area contributed by atoms with Crippen molar-refractivity contribution in [3.8, 4) is 0 Å². The van der Waals surface area contributed by atoms with Crippen LogP contribution in [0.3, 0.4) is 0 Å². The molecule has 140 valence electrons. The first-order chi connectivity index (χ1) is 11.8. The van der Waals surface area contributed by atoms with Crippen molar-refractivity contribution in [1.29, 1.82) is 0 Å². The van der Waals surface area contributed by atoms with Crippen LogP contribution in [0.25, 0.3) is 5.65 Å². The van der Waals surface area contributed by atoms with E-state index in [1.54, 1.807) is 7.05 Å². The maximum Gasteiger partial charge on any atom is 0.191 e. The number of pyridine rings is 1. The summed E-state index contributed by atoms with van der Waals surface area (Å²) in [5.74, 6) is 1.69. The zero-order valence-electron chi connectivity index (χ0n) is 15.4. The van der Waals surface area contributed by atoms with E-state index in [1.807, 2.05) is 28.8 Å². The topological polar surface area (TPSA) is 66.6 Å². The highest BCUT2D eigenvalue weighted by atomic mass is 127. The Bertz CT molecular complexity index is 625. The Morgan fingerprint density at radius 1 is 1.04 bits per heavy atom. The first-order valence-electron chi connectivity index (χ1n) is 9.08. The molecule has 0 spiro atoms. The lowest BCUT2D eigenvalue weighted by Gasteiger charge is -2.11. The minimum absolute atomic E-state index is 0. The molecule has 0 fully saturated rings. The third kappa shape index (κ3) is 7.58. The second-order valence-electron chi connectivity index (χ2n) is 6.02. The molecule has 0 saturated carbocycles. The van der Waals surface area contributed by atoms with Crippen LogP contribution >= 0.6 is 24.0 Å². The lowest BCUT2D eigenvalue weighted by molar-refractivity contribution is 0.583. The predicted octanol–water partition coefficient (Wildman–Crippen LogP) is 3.76. The molecule has 0 unspecified atom stereocenters. The summed E-state index contributed by atoms with van der Waals surface area (Å²) in [6, 6.07) is 5.89. The Morgan fingerprint density at radius 3 is 2.56 bits per heavy atom. The molecule has 0 aliphatic carbocycles. The second kappa shape index (κ2) is 12.9. The zero-order valence-corrected chi connectivity index (χ0v) is 17.7. The number of fused-ring (bicyclic) bond motifs is 1. The van der Waals surface area contributed by atoms with Crippen LogP contribution in [0, 0.1) is 0 Å². The molecule has 25 heavy (non-hydrogen) atoms. The van der Waals surface area contributed by atoms with E-state index in [0.717, 1.165) is 24.0 Å². The molecule has 2 aromatic rings. The summed E-state index contributed by atoms with van der Waals surface area (Å²) < 4.78 is 1.98. The Kier molecular flexibility index (Phi) is 11.2. The van der Waals surface area contributed by atoms with Gasteiger partial charge >= 0.3 is 0 Å². The highest BCUT2D eigenvalue weighted by Crippen LogP contribution is 2.06. The molecule has 6 nitrogen and oxygen atoms in total. The molecule has 0 aliphatic rings. The van der Waals surface area contributed by atoms with E-state index in [4.69, 9.17) is 0 Å². The van der Waals surface area contributed by atoms with Gasteiger partial charge in [0.25, 0.3) is 0 Å². The zero-order chi connectivity index (χ0) is 17.0. The molecule has 0 bridgehead atoms. The average molecular weight is 458 g/mol. The maximum absolute atomic E-state index is 4.26. The van der Waals surface area contributed by atoms with Crippen molar-refractivity contribution < 1.29 is 0 Å². The van der Waals surface area contributed by atoms with Gasteiger partial charge in [-0.1, -0.05) is 51.5 Å². The van der Waals surface area contributed by atoms with Gasteiger partial charge in [-0.05, 0) is 18.6 Å². The quantitative estimate of drug-likeness (QED) is 0.246. The number of nitrogens with zero attached hydrogens (tertiary/aromatic N) is 4. The number of hydrogen-bond donors (Lipinski definition) is 2. The molecular weight excluding hydrogens is 427 g/mol. The van der Waals surface area contributed by atoms with Crippen LogP contribution in [0.1, 0.15) is 57.7 Å². The van der Waals surface area contributed by atoms with Crippen LogP contribution < -0.4 is 10.6 Å². The number of halogens is 1. The van der Waals surface area contributed by atoms with Gasteiger partial charge in [-0.15, -0.1) is 34.2 Å². The molecule has 0 radical (unpaired) electrons. The summed E-state index contributed by atoms with van der Waals surface area (Å²) in [5.41, 5.74) is 0.861. The summed E-state index contributed by atoms with van der Waals surface area (Å²) in [4.78, 5) is 4.26. The van der Waals surface area contributed by atoms with E-state index in [9.17, 15) is 0 Å². The lowest BCUT2D eigenvalue weighted by atomic mass is 10.1. The first-order valence-corrected chi connectivity index (χ1v) is 9.08. The third-order valence-electron chi connectivity index (χ3n) is 4.09. The molecule has 0 saturated heterocycles. The largest absolute Gasteiger partial charge is 0.356 e. The smallest absolute Gasteiger partial charge is 0.191 e. The van der Waals surface area contributed by atoms with Crippen LogP contribution in [0.5, 0.6) is 0 Å². The lowest BCUT2D eigenvalue weighted by Crippen LogP contribution is -2.37. The van der Waals surface area contributed by atoms with Crippen LogP contribution in [-0.4, -0.2) is 34.2 Å². The van der Waals surface area contributed by atoms with Crippen LogP contribution in [0.15, 0.2) is 29.4 Å². The van der Waals surface area contributed by atoms with Crippen molar-refractivity contribution in [3.05, 3.63) is 30.2 Å². The average Bonchev–Trinajstić information content (AvgIpc) is 3.03. The van der Waals surface area contributed by atoms with E-state index in [0.29, 0.717) is 6.54 Å². The van der Waals surface area contributed by atoms with Crippen LogP contribution in [0.4, 0.5) is 0 Å². The minimum atomic E-state index is 0. The maximum atomic E-state index is 4.26. The Labute approximate surface area is 167 Å². The van der Waals surface area contributed by atoms with Gasteiger partial charge in [-0.3, -0.25) is 9.39 Å². The molecule has 0 aliphatic heterocycles. The summed E-state index contributed by atoms with van der Waals surface area (Å²) in [6.07, 6.45) is 11.2. The van der Waals surface area contributed by atoms with E-state index in [-0.39, 0.29) is 24.0 Å². The number of hydrogen-bond acceptors (Lipinski definition) is 3. The fraction of sp³-hybridized carbons (Fsp3) is 0.611. The van der Waals surface area contributed by atoms with Crippen molar-refractivity contribution in [2.75, 3.05) is 13.6 Å². The van der Waals surface area contributed by atoms with E-state index < -0.39 is 0 Å². The monoisotopic (exact) mass is 458 g/mol. The van der Waals surface area contributed by atoms with Gasteiger partial charge in [-0.25, -0.2) is 0 Å². The number of aliphatic imine (C=N–C) groups is 1. The standard InChI is InChI=1S/C18H30N6.HI/c1-3-4-5-6-7-8-10-13-20-18(19-2)21-15-17-23-22-16-12-9-11-14-24(16)17;/h9,11-12,14H,3-8,10,13,15H2,1-2H3,(H2,19,20,21);1H. The number of unbranched alkanes of at least 4 members (excludes halogenated alkanes) is 6. The molecule has 2 rings (SSSR count). The third-order valence-corrected chi connectivity index (χ3v) is 4.09. The molecule has 2 aromatic heterocycles. The summed E-state index contributed by atoms with van der Waals surface area (Å²) in [5, 5.41) is 15.0. The van der Waals surface area contributed by atoms with Crippen molar-refractivity contribution >= 4 is 35.6 Å². The molecule has 2 heterocycles. The Balaban J connectivity index is 0.00000312. The number of nitrogens with one attached hydrogen (secondary N) is 2. The first kappa shape index (κ1) is 21.7. The number of aromatic nitrogens is 3. The van der Waals surface area contributed by atoms with Gasteiger partial charge in [0.05, 0.1) is 6.54 Å². The van der Waals surface area contributed by atoms with Gasteiger partial charge in [-0.2, -0.15) is 0 Å². The van der Waals surface area contributed by atoms with Gasteiger partial charge in [0.2, 0.25) is 0 Å². The van der Waals surface area contributed by atoms with Crippen molar-refractivity contribution in [1.82, 2.24) is 25.2 Å². The van der Waals surface area contributed by atoms with Crippen molar-refractivity contribution in [3.63, 3.8) is 0 Å². The Hall–Kier alpha value is -1.38. The van der Waals surface area contributed by atoms with Gasteiger partial charge in [0, 0.05) is 19.8 Å². The van der Waals surface area contributed by atoms with Gasteiger partial charge in [0.1, 0.15) is 0 Å². The molecule has 0 aromatic carbocycles. The molecular formula is C18H31IN6. The molecule has 0 atom stereocenters. The summed E-state index contributed by atoms with van der Waals surface area (Å²) in [7, 11) is 1.79. The molecule has 7 heteroatoms. The Morgan fingerprint density at radius 2 is 1.80 bits per heavy atom. The van der Waals surface area contributed by atoms with Gasteiger partial charge in [0.15, 0.2) is 17.4 Å². The van der Waals surface area contributed by atoms with Crippen molar-refractivity contribution in [2.45, 2.75) is 58.4 Å². The molecule has 2 N–H and O–H groups in total. The SMILES string of the molecule is CCCCCCCCCNC(=NC)NCc1nnc2ccccn12.I. The van der Waals surface area contributed by atoms with E-state index in [2.05, 4.69) is 32.7 Å². The highest BCUT2D eigenvalue weighted by molar-refractivity contribution is 14.0. The van der Waals surface area contributed by atoms with Crippen molar-refractivity contribution in [2.24, 2.45) is 4.99 Å². The summed E-state index contributed by atoms with van der Waals surface area (Å²) in [6.45, 7) is 3.81. The predicted molar refractivity (Wildman–Crippen MR) is 115 cm³/mol. The molecule has 0 amide bonds. The minimum Gasteiger partial charge on any atom is -0.356 e.